The normalized spacial score (nSPS) is 11.1. The number of nitrogens with zero attached hydrogens (tertiary/aromatic N) is 1. The van der Waals surface area contributed by atoms with Gasteiger partial charge in [-0.15, -0.1) is 0 Å². The fraction of sp³-hybridized carbons (Fsp3) is 0.357. The van der Waals surface area contributed by atoms with Crippen LogP contribution in [-0.2, 0) is 0 Å². The summed E-state index contributed by atoms with van der Waals surface area (Å²) in [6.45, 7) is 4.13. The van der Waals surface area contributed by atoms with Gasteiger partial charge in [0, 0.05) is 11.5 Å². The number of halogens is 1. The lowest BCUT2D eigenvalue weighted by molar-refractivity contribution is 0.410. The van der Waals surface area contributed by atoms with E-state index in [1.165, 1.54) is 0 Å². The van der Waals surface area contributed by atoms with Gasteiger partial charge in [-0.05, 0) is 17.5 Å². The quantitative estimate of drug-likeness (QED) is 0.933. The maximum Gasteiger partial charge on any atom is 0.147 e. The summed E-state index contributed by atoms with van der Waals surface area (Å²) in [4.78, 5) is 4.43. The maximum atomic E-state index is 6.19. The van der Waals surface area contributed by atoms with Crippen molar-refractivity contribution >= 4 is 28.3 Å². The van der Waals surface area contributed by atoms with Crippen LogP contribution in [0.5, 0.6) is 11.5 Å². The highest BCUT2D eigenvalue weighted by molar-refractivity contribution is 6.33. The number of ether oxygens (including phenoxy) is 2. The molecule has 2 aromatic rings. The van der Waals surface area contributed by atoms with Gasteiger partial charge in [-0.2, -0.15) is 0 Å². The highest BCUT2D eigenvalue weighted by Crippen LogP contribution is 2.40. The van der Waals surface area contributed by atoms with E-state index in [0.29, 0.717) is 27.9 Å². The number of benzene rings is 1. The lowest BCUT2D eigenvalue weighted by Gasteiger charge is -2.15. The number of nitrogen functional groups attached to an aromatic ring is 1. The monoisotopic (exact) mass is 280 g/mol. The minimum absolute atomic E-state index is 0.270. The van der Waals surface area contributed by atoms with Crippen molar-refractivity contribution in [1.82, 2.24) is 4.98 Å². The van der Waals surface area contributed by atoms with Crippen LogP contribution in [-0.4, -0.2) is 19.2 Å². The second-order valence-electron chi connectivity index (χ2n) is 4.61. The molecule has 0 saturated carbocycles. The minimum Gasteiger partial charge on any atom is -0.494 e. The number of rotatable bonds is 3. The molecule has 4 nitrogen and oxygen atoms in total. The molecule has 0 aliphatic carbocycles. The van der Waals surface area contributed by atoms with Crippen LogP contribution in [0.25, 0.3) is 10.9 Å². The number of fused-ring (bicyclic) bond motifs is 1. The Morgan fingerprint density at radius 3 is 2.42 bits per heavy atom. The van der Waals surface area contributed by atoms with Crippen molar-refractivity contribution in [3.8, 4) is 11.5 Å². The molecule has 0 spiro atoms. The van der Waals surface area contributed by atoms with E-state index in [-0.39, 0.29) is 5.92 Å². The topological polar surface area (TPSA) is 57.4 Å². The average molecular weight is 281 g/mol. The van der Waals surface area contributed by atoms with Gasteiger partial charge in [-0.1, -0.05) is 25.4 Å². The van der Waals surface area contributed by atoms with Crippen molar-refractivity contribution in [1.29, 1.82) is 0 Å². The number of aromatic nitrogens is 1. The molecule has 0 amide bonds. The first-order chi connectivity index (χ1) is 8.99. The fourth-order valence-corrected chi connectivity index (χ4v) is 2.39. The first-order valence-corrected chi connectivity index (χ1v) is 6.38. The molecule has 1 aromatic carbocycles. The van der Waals surface area contributed by atoms with Crippen LogP contribution >= 0.6 is 11.6 Å². The number of hydrogen-bond acceptors (Lipinski definition) is 4. The van der Waals surface area contributed by atoms with Crippen LogP contribution in [0.15, 0.2) is 12.1 Å². The summed E-state index contributed by atoms with van der Waals surface area (Å²) in [5.74, 6) is 1.95. The van der Waals surface area contributed by atoms with Gasteiger partial charge in [0.2, 0.25) is 0 Å². The largest absolute Gasteiger partial charge is 0.494 e. The smallest absolute Gasteiger partial charge is 0.147 e. The zero-order valence-corrected chi connectivity index (χ0v) is 12.2. The van der Waals surface area contributed by atoms with E-state index in [2.05, 4.69) is 18.8 Å². The Kier molecular flexibility index (Phi) is 3.71. The first-order valence-electron chi connectivity index (χ1n) is 6.00. The predicted octanol–water partition coefficient (Wildman–Crippen LogP) is 3.61. The van der Waals surface area contributed by atoms with E-state index >= 15 is 0 Å². The third kappa shape index (κ3) is 2.28. The highest BCUT2D eigenvalue weighted by Gasteiger charge is 2.17. The van der Waals surface area contributed by atoms with Crippen LogP contribution in [0.3, 0.4) is 0 Å². The van der Waals surface area contributed by atoms with Crippen LogP contribution in [0.4, 0.5) is 5.82 Å². The second kappa shape index (κ2) is 5.13. The summed E-state index contributed by atoms with van der Waals surface area (Å²) in [5, 5.41) is 1.30. The molecule has 5 heteroatoms. The first kappa shape index (κ1) is 13.7. The van der Waals surface area contributed by atoms with Crippen molar-refractivity contribution in [2.24, 2.45) is 0 Å². The van der Waals surface area contributed by atoms with Gasteiger partial charge in [0.1, 0.15) is 22.8 Å². The molecule has 19 heavy (non-hydrogen) atoms. The van der Waals surface area contributed by atoms with Gasteiger partial charge in [0.15, 0.2) is 0 Å². The second-order valence-corrected chi connectivity index (χ2v) is 5.01. The van der Waals surface area contributed by atoms with Gasteiger partial charge in [-0.25, -0.2) is 4.98 Å². The average Bonchev–Trinajstić information content (AvgIpc) is 2.37. The minimum atomic E-state index is 0.270. The fourth-order valence-electron chi connectivity index (χ4n) is 2.11. The third-order valence-electron chi connectivity index (χ3n) is 3.08. The zero-order chi connectivity index (χ0) is 14.2. The van der Waals surface area contributed by atoms with Gasteiger partial charge in [-0.3, -0.25) is 0 Å². The van der Waals surface area contributed by atoms with Crippen molar-refractivity contribution in [2.45, 2.75) is 19.8 Å². The van der Waals surface area contributed by atoms with E-state index in [4.69, 9.17) is 26.8 Å². The molecular weight excluding hydrogens is 264 g/mol. The summed E-state index contributed by atoms with van der Waals surface area (Å²) in [6.07, 6.45) is 0. The Labute approximate surface area is 117 Å². The lowest BCUT2D eigenvalue weighted by Crippen LogP contribution is -2.02. The molecule has 0 atom stereocenters. The molecule has 0 unspecified atom stereocenters. The summed E-state index contributed by atoms with van der Waals surface area (Å²) in [5.41, 5.74) is 7.63. The van der Waals surface area contributed by atoms with Crippen LogP contribution in [0.1, 0.15) is 25.3 Å². The number of nitrogens with two attached hydrogens (primary N) is 1. The van der Waals surface area contributed by atoms with E-state index in [1.54, 1.807) is 20.3 Å². The summed E-state index contributed by atoms with van der Waals surface area (Å²) >= 11 is 6.19. The summed E-state index contributed by atoms with van der Waals surface area (Å²) in [6, 6.07) is 3.65. The highest BCUT2D eigenvalue weighted by atomic mass is 35.5. The molecule has 0 fully saturated rings. The van der Waals surface area contributed by atoms with Gasteiger partial charge in [0.25, 0.3) is 0 Å². The molecule has 0 bridgehead atoms. The lowest BCUT2D eigenvalue weighted by atomic mass is 10.0. The van der Waals surface area contributed by atoms with Gasteiger partial charge >= 0.3 is 0 Å². The van der Waals surface area contributed by atoms with Gasteiger partial charge in [0.05, 0.1) is 19.2 Å². The molecule has 2 rings (SSSR count). The standard InChI is InChI=1S/C14H17ClN2O2/c1-7(2)8-5-9-12(17-14(8)16)11(18-3)6-10(15)13(9)19-4/h5-7H,1-4H3,(H2,16,17). The molecule has 0 saturated heterocycles. The molecule has 1 aromatic heterocycles. The van der Waals surface area contributed by atoms with Crippen molar-refractivity contribution in [2.75, 3.05) is 20.0 Å². The van der Waals surface area contributed by atoms with Gasteiger partial charge < -0.3 is 15.2 Å². The molecule has 0 radical (unpaired) electrons. The zero-order valence-electron chi connectivity index (χ0n) is 11.5. The molecule has 102 valence electrons. The number of hydrogen-bond donors (Lipinski definition) is 1. The Bertz CT molecular complexity index is 627. The SMILES string of the molecule is COc1c(Cl)cc(OC)c2nc(N)c(C(C)C)cc12. The summed E-state index contributed by atoms with van der Waals surface area (Å²) < 4.78 is 10.7. The number of anilines is 1. The Hall–Kier alpha value is -1.68. The molecule has 0 aliphatic rings. The number of pyridine rings is 1. The van der Waals surface area contributed by atoms with E-state index < -0.39 is 0 Å². The van der Waals surface area contributed by atoms with Crippen LogP contribution in [0.2, 0.25) is 5.02 Å². The third-order valence-corrected chi connectivity index (χ3v) is 3.36. The van der Waals surface area contributed by atoms with Crippen LogP contribution < -0.4 is 15.2 Å². The maximum absolute atomic E-state index is 6.19. The van der Waals surface area contributed by atoms with E-state index in [9.17, 15) is 0 Å². The molecule has 1 heterocycles. The Balaban J connectivity index is 2.88. The van der Waals surface area contributed by atoms with Crippen molar-refractivity contribution in [3.63, 3.8) is 0 Å². The van der Waals surface area contributed by atoms with E-state index in [1.807, 2.05) is 6.07 Å². The van der Waals surface area contributed by atoms with Crippen molar-refractivity contribution < 1.29 is 9.47 Å². The summed E-state index contributed by atoms with van der Waals surface area (Å²) in [7, 11) is 3.16. The molecule has 2 N–H and O–H groups in total. The van der Waals surface area contributed by atoms with E-state index in [0.717, 1.165) is 10.9 Å². The number of methoxy groups -OCH3 is 2. The molecule has 0 aliphatic heterocycles. The Morgan fingerprint density at radius 1 is 1.21 bits per heavy atom. The molecular formula is C14H17ClN2O2. The van der Waals surface area contributed by atoms with Crippen molar-refractivity contribution in [3.05, 3.63) is 22.7 Å². The van der Waals surface area contributed by atoms with Crippen LogP contribution in [0, 0.1) is 0 Å². The predicted molar refractivity (Wildman–Crippen MR) is 78.4 cm³/mol. The Morgan fingerprint density at radius 2 is 1.89 bits per heavy atom.